The van der Waals surface area contributed by atoms with E-state index in [9.17, 15) is 4.79 Å². The Kier molecular flexibility index (Phi) is 17.1. The van der Waals surface area contributed by atoms with E-state index in [0.29, 0.717) is 5.69 Å². The number of nitriles is 1. The van der Waals surface area contributed by atoms with E-state index < -0.39 is 0 Å². The van der Waals surface area contributed by atoms with Crippen molar-refractivity contribution in [3.63, 3.8) is 0 Å². The predicted octanol–water partition coefficient (Wildman–Crippen LogP) is 8.70. The van der Waals surface area contributed by atoms with Gasteiger partial charge in [0.15, 0.2) is 5.43 Å². The van der Waals surface area contributed by atoms with Crippen LogP contribution in [0, 0.1) is 11.3 Å². The molecule has 3 rings (SSSR count). The van der Waals surface area contributed by atoms with Crippen molar-refractivity contribution in [1.82, 2.24) is 4.98 Å². The molecule has 0 aliphatic heterocycles. The molecule has 35 heavy (non-hydrogen) atoms. The first kappa shape index (κ1) is 30.9. The third kappa shape index (κ3) is 12.6. The monoisotopic (exact) mass is 470 g/mol. The summed E-state index contributed by atoms with van der Waals surface area (Å²) in [6, 6.07) is 22.7. The fraction of sp³-hybridized carbons (Fsp3) is 0.226. The summed E-state index contributed by atoms with van der Waals surface area (Å²) in [7, 11) is 0. The Morgan fingerprint density at radius 3 is 1.86 bits per heavy atom. The van der Waals surface area contributed by atoms with Gasteiger partial charge in [-0.3, -0.25) is 4.79 Å². The first-order valence-corrected chi connectivity index (χ1v) is 11.9. The average Bonchev–Trinajstić information content (AvgIpc) is 2.90. The number of pyridine rings is 1. The summed E-state index contributed by atoms with van der Waals surface area (Å²) in [4.78, 5) is 14.4. The standard InChI is InChI=1S/C14H14N2O.C12H10O.C3H8.C2H6/c1-4-10(3)6-11(5-2)13-7-14(17)12(8-15)9-16-13;1-3-7-11(8-4-1)13-12-9-5-2-6-10-12;1-3-2;1-2/h5-7,9H,2-4H2,1H3,(H,16,17);1-10H;3H2,1-2H3;1-2H3/b11-6+;;;. The van der Waals surface area contributed by atoms with Crippen molar-refractivity contribution < 1.29 is 4.74 Å². The molecule has 4 heteroatoms. The third-order valence-corrected chi connectivity index (χ3v) is 4.10. The maximum atomic E-state index is 11.5. The SMILES string of the molecule is C=C/C(=C\C(=C)CC)c1cc(=O)c(C#N)c[nH]1.CC.CCC.c1ccc(Oc2ccccc2)cc1. The van der Waals surface area contributed by atoms with Crippen molar-refractivity contribution in [3.8, 4) is 17.6 Å². The molecular weight excluding hydrogens is 432 g/mol. The maximum absolute atomic E-state index is 11.5. The van der Waals surface area contributed by atoms with Gasteiger partial charge in [0.05, 0.1) is 0 Å². The molecule has 0 saturated heterocycles. The van der Waals surface area contributed by atoms with E-state index in [2.05, 4.69) is 32.0 Å². The van der Waals surface area contributed by atoms with Gasteiger partial charge >= 0.3 is 0 Å². The highest BCUT2D eigenvalue weighted by Gasteiger charge is 2.03. The summed E-state index contributed by atoms with van der Waals surface area (Å²) in [5.41, 5.74) is 2.18. The second-order valence-electron chi connectivity index (χ2n) is 6.99. The summed E-state index contributed by atoms with van der Waals surface area (Å²) in [5.74, 6) is 1.74. The molecule has 1 N–H and O–H groups in total. The molecule has 0 aliphatic carbocycles. The molecule has 4 nitrogen and oxygen atoms in total. The summed E-state index contributed by atoms with van der Waals surface area (Å²) in [6.45, 7) is 17.8. The first-order valence-electron chi connectivity index (χ1n) is 11.9. The number of allylic oxidation sites excluding steroid dienone is 4. The highest BCUT2D eigenvalue weighted by molar-refractivity contribution is 5.73. The Morgan fingerprint density at radius 2 is 1.49 bits per heavy atom. The molecule has 0 spiro atoms. The van der Waals surface area contributed by atoms with Crippen molar-refractivity contribution in [1.29, 1.82) is 5.26 Å². The minimum atomic E-state index is -0.295. The summed E-state index contributed by atoms with van der Waals surface area (Å²) in [6.07, 6.45) is 7.00. The maximum Gasteiger partial charge on any atom is 0.199 e. The minimum Gasteiger partial charge on any atom is -0.457 e. The van der Waals surface area contributed by atoms with E-state index in [1.54, 1.807) is 6.08 Å². The van der Waals surface area contributed by atoms with Crippen molar-refractivity contribution >= 4 is 5.57 Å². The zero-order valence-electron chi connectivity index (χ0n) is 21.7. The Labute approximate surface area is 210 Å². The van der Waals surface area contributed by atoms with Crippen LogP contribution < -0.4 is 10.2 Å². The van der Waals surface area contributed by atoms with Gasteiger partial charge in [-0.25, -0.2) is 0 Å². The molecule has 0 amide bonds. The van der Waals surface area contributed by atoms with Crippen molar-refractivity contribution in [2.75, 3.05) is 0 Å². The highest BCUT2D eigenvalue weighted by Crippen LogP contribution is 2.19. The molecule has 0 radical (unpaired) electrons. The van der Waals surface area contributed by atoms with Crippen LogP contribution >= 0.6 is 0 Å². The first-order chi connectivity index (χ1) is 17.0. The molecule has 184 valence electrons. The number of ether oxygens (including phenoxy) is 1. The Hall–Kier alpha value is -4.10. The fourth-order valence-corrected chi connectivity index (χ4v) is 2.41. The second kappa shape index (κ2) is 19.4. The second-order valence-corrected chi connectivity index (χ2v) is 6.99. The summed E-state index contributed by atoms with van der Waals surface area (Å²) < 4.78 is 5.58. The smallest absolute Gasteiger partial charge is 0.199 e. The largest absolute Gasteiger partial charge is 0.457 e. The van der Waals surface area contributed by atoms with E-state index in [0.717, 1.165) is 29.1 Å². The Bertz CT molecular complexity index is 1080. The normalized spacial score (nSPS) is 9.43. The van der Waals surface area contributed by atoms with Crippen LogP contribution in [0.2, 0.25) is 0 Å². The molecule has 1 heterocycles. The molecule has 2 aromatic carbocycles. The Balaban J connectivity index is 0.000000569. The number of hydrogen-bond acceptors (Lipinski definition) is 3. The lowest BCUT2D eigenvalue weighted by molar-refractivity contribution is 0.482. The number of aromatic amines is 1. The number of benzene rings is 2. The molecule has 0 bridgehead atoms. The van der Waals surface area contributed by atoms with E-state index in [-0.39, 0.29) is 11.0 Å². The molecule has 0 atom stereocenters. The zero-order chi connectivity index (χ0) is 26.5. The van der Waals surface area contributed by atoms with E-state index in [1.165, 1.54) is 18.7 Å². The van der Waals surface area contributed by atoms with Crippen molar-refractivity contribution in [2.24, 2.45) is 0 Å². The molecular formula is C31H38N2O2. The highest BCUT2D eigenvalue weighted by atomic mass is 16.5. The van der Waals surface area contributed by atoms with Crippen LogP contribution in [-0.2, 0) is 0 Å². The quantitative estimate of drug-likeness (QED) is 0.366. The van der Waals surface area contributed by atoms with E-state index >= 15 is 0 Å². The number of hydrogen-bond donors (Lipinski definition) is 1. The molecule has 0 aliphatic rings. The molecule has 0 unspecified atom stereocenters. The summed E-state index contributed by atoms with van der Waals surface area (Å²) >= 11 is 0. The van der Waals surface area contributed by atoms with Gasteiger partial charge in [0.25, 0.3) is 0 Å². The average molecular weight is 471 g/mol. The number of nitrogens with one attached hydrogen (secondary N) is 1. The minimum absolute atomic E-state index is 0.103. The van der Waals surface area contributed by atoms with Gasteiger partial charge in [-0.2, -0.15) is 5.26 Å². The molecule has 0 saturated carbocycles. The van der Waals surface area contributed by atoms with Crippen LogP contribution in [0.4, 0.5) is 0 Å². The predicted molar refractivity (Wildman–Crippen MR) is 150 cm³/mol. The van der Waals surface area contributed by atoms with Crippen LogP contribution in [0.1, 0.15) is 58.7 Å². The topological polar surface area (TPSA) is 65.9 Å². The van der Waals surface area contributed by atoms with Gasteiger partial charge in [0, 0.05) is 18.0 Å². The van der Waals surface area contributed by atoms with Crippen molar-refractivity contribution in [3.05, 3.63) is 125 Å². The van der Waals surface area contributed by atoms with Gasteiger partial charge in [-0.1, -0.05) is 108 Å². The van der Waals surface area contributed by atoms with Gasteiger partial charge in [-0.15, -0.1) is 0 Å². The van der Waals surface area contributed by atoms with Crippen molar-refractivity contribution in [2.45, 2.75) is 47.5 Å². The lowest BCUT2D eigenvalue weighted by Gasteiger charge is -2.03. The van der Waals surface area contributed by atoms with Crippen LogP contribution in [0.25, 0.3) is 5.57 Å². The molecule has 0 fully saturated rings. The number of aromatic nitrogens is 1. The van der Waals surface area contributed by atoms with Crippen LogP contribution in [-0.4, -0.2) is 4.98 Å². The van der Waals surface area contributed by atoms with Gasteiger partial charge in [-0.05, 0) is 36.3 Å². The van der Waals surface area contributed by atoms with Gasteiger partial charge in [0.1, 0.15) is 23.1 Å². The van der Waals surface area contributed by atoms with Crippen LogP contribution in [0.5, 0.6) is 11.5 Å². The number of H-pyrrole nitrogens is 1. The van der Waals surface area contributed by atoms with Gasteiger partial charge in [0.2, 0.25) is 0 Å². The van der Waals surface area contributed by atoms with Crippen LogP contribution in [0.3, 0.4) is 0 Å². The number of para-hydroxylation sites is 2. The number of rotatable bonds is 6. The zero-order valence-corrected chi connectivity index (χ0v) is 21.7. The summed E-state index contributed by atoms with van der Waals surface area (Å²) in [5, 5.41) is 8.67. The number of nitrogens with zero attached hydrogens (tertiary/aromatic N) is 1. The van der Waals surface area contributed by atoms with Crippen LogP contribution in [0.15, 0.2) is 109 Å². The lowest BCUT2D eigenvalue weighted by Crippen LogP contribution is -2.06. The van der Waals surface area contributed by atoms with E-state index in [4.69, 9.17) is 10.00 Å². The fourth-order valence-electron chi connectivity index (χ4n) is 2.41. The van der Waals surface area contributed by atoms with E-state index in [1.807, 2.05) is 93.6 Å². The third-order valence-electron chi connectivity index (χ3n) is 4.10. The lowest BCUT2D eigenvalue weighted by atomic mass is 10.1. The molecule has 3 aromatic rings. The van der Waals surface area contributed by atoms with Gasteiger partial charge < -0.3 is 9.72 Å². The molecule has 1 aromatic heterocycles. The Morgan fingerprint density at radius 1 is 1.00 bits per heavy atom.